The molecular weight excluding hydrogens is 375 g/mol. The van der Waals surface area contributed by atoms with Crippen LogP contribution in [0.2, 0.25) is 0 Å². The molecule has 0 aromatic heterocycles. The van der Waals surface area contributed by atoms with Gasteiger partial charge in [0.25, 0.3) is 0 Å². The standard InChI is InChI=1S/C15H17BrN2O5.Li/c1-23-15(22)18-17-13(10-5-7-11(16)8-6-10)9-12(19)3-2-4-14(20)21;/h5-8H,2-4,9H2,1H3,(H2,18,20,21,22);/q;+1/p-1/b17-13+;. The van der Waals surface area contributed by atoms with Crippen LogP contribution >= 0.6 is 15.9 Å². The number of carbonyl (C=O) groups excluding carboxylic acids is 2. The topological polar surface area (TPSA) is 107 Å². The molecule has 1 rings (SSSR count). The molecule has 1 N–H and O–H groups in total. The first-order valence-corrected chi connectivity index (χ1v) is 7.56. The Kier molecular flexibility index (Phi) is 11.0. The zero-order chi connectivity index (χ0) is 17.2. The van der Waals surface area contributed by atoms with Crippen LogP contribution in [0.25, 0.3) is 5.43 Å². The summed E-state index contributed by atoms with van der Waals surface area (Å²) in [6, 6.07) is 7.02. The van der Waals surface area contributed by atoms with Gasteiger partial charge in [0.05, 0.1) is 7.11 Å². The van der Waals surface area contributed by atoms with Gasteiger partial charge in [0.15, 0.2) is 0 Å². The van der Waals surface area contributed by atoms with Gasteiger partial charge in [-0.15, -0.1) is 0 Å². The van der Waals surface area contributed by atoms with Crippen LogP contribution in [0, 0.1) is 0 Å². The predicted molar refractivity (Wildman–Crippen MR) is 87.6 cm³/mol. The summed E-state index contributed by atoms with van der Waals surface area (Å²) in [5, 5.41) is 12.4. The van der Waals surface area contributed by atoms with Gasteiger partial charge in [0, 0.05) is 29.4 Å². The molecule has 0 unspecified atom stereocenters. The molecule has 0 atom stereocenters. The largest absolute Gasteiger partial charge is 1.00 e. The minimum atomic E-state index is -0.944. The number of rotatable bonds is 8. The minimum absolute atomic E-state index is 0. The number of benzene rings is 1. The fourth-order valence-corrected chi connectivity index (χ4v) is 1.96. The Hall–Kier alpha value is -1.62. The van der Waals surface area contributed by atoms with Gasteiger partial charge in [0.1, 0.15) is 5.78 Å². The first-order valence-electron chi connectivity index (χ1n) is 6.77. The van der Waals surface area contributed by atoms with E-state index in [1.54, 1.807) is 24.3 Å². The number of ketones is 1. The molecular formula is C15H16BrLiN2O5. The zero-order valence-corrected chi connectivity index (χ0v) is 15.1. The molecule has 1 amide bonds. The zero-order valence-electron chi connectivity index (χ0n) is 13.5. The van der Waals surface area contributed by atoms with Crippen molar-refractivity contribution in [1.29, 1.82) is 0 Å². The summed E-state index contributed by atoms with van der Waals surface area (Å²) in [6.45, 7) is 0. The molecule has 0 saturated heterocycles. The number of ether oxygens (including phenoxy) is 1. The number of Topliss-reactive ketones (excluding diaryl/α,β-unsaturated/α-hetero) is 1. The molecule has 0 saturated carbocycles. The molecule has 0 bridgehead atoms. The average molecular weight is 391 g/mol. The van der Waals surface area contributed by atoms with E-state index in [0.717, 1.165) is 4.47 Å². The maximum absolute atomic E-state index is 11.9. The summed E-state index contributed by atoms with van der Waals surface area (Å²) in [4.78, 5) is 33.5. The molecule has 24 heavy (non-hydrogen) atoms. The van der Waals surface area contributed by atoms with Crippen molar-refractivity contribution in [1.82, 2.24) is 0 Å². The van der Waals surface area contributed by atoms with Crippen molar-refractivity contribution < 1.29 is 43.1 Å². The Morgan fingerprint density at radius 2 is 1.83 bits per heavy atom. The van der Waals surface area contributed by atoms with Gasteiger partial charge >= 0.3 is 24.8 Å². The molecule has 7 nitrogen and oxygen atoms in total. The Morgan fingerprint density at radius 1 is 1.21 bits per heavy atom. The maximum Gasteiger partial charge on any atom is 1.00 e. The number of carbonyl (C=O) groups is 3. The Labute approximate surface area is 160 Å². The number of amides is 1. The summed E-state index contributed by atoms with van der Waals surface area (Å²) in [5.41, 5.74) is 4.34. The maximum atomic E-state index is 11.9. The summed E-state index contributed by atoms with van der Waals surface area (Å²) in [6.07, 6.45) is -0.584. The van der Waals surface area contributed by atoms with E-state index in [9.17, 15) is 14.4 Å². The SMILES string of the molecule is COC(=O)[N-]/N=C(\CC(=O)CCCC(=O)O)c1ccc(Br)cc1.[Li+]. The molecule has 0 aliphatic rings. The van der Waals surface area contributed by atoms with Crippen LogP contribution in [0.5, 0.6) is 0 Å². The van der Waals surface area contributed by atoms with Crippen LogP contribution in [-0.2, 0) is 14.3 Å². The van der Waals surface area contributed by atoms with Crippen LogP contribution < -0.4 is 18.9 Å². The van der Waals surface area contributed by atoms with Gasteiger partial charge in [-0.1, -0.05) is 28.1 Å². The number of carboxylic acid groups (broad SMARTS) is 1. The monoisotopic (exact) mass is 390 g/mol. The first-order chi connectivity index (χ1) is 10.9. The number of hydrogen-bond acceptors (Lipinski definition) is 5. The van der Waals surface area contributed by atoms with Crippen LogP contribution in [-0.4, -0.2) is 35.8 Å². The van der Waals surface area contributed by atoms with Crippen molar-refractivity contribution in [3.05, 3.63) is 39.7 Å². The quantitative estimate of drug-likeness (QED) is 0.395. The first kappa shape index (κ1) is 22.4. The predicted octanol–water partition coefficient (Wildman–Crippen LogP) is 0.511. The van der Waals surface area contributed by atoms with E-state index >= 15 is 0 Å². The third-order valence-corrected chi connectivity index (χ3v) is 3.34. The Morgan fingerprint density at radius 3 is 2.38 bits per heavy atom. The van der Waals surface area contributed by atoms with E-state index < -0.39 is 12.1 Å². The number of carboxylic acids is 1. The van der Waals surface area contributed by atoms with Gasteiger partial charge in [-0.2, -0.15) is 0 Å². The van der Waals surface area contributed by atoms with Gasteiger partial charge < -0.3 is 20.4 Å². The smallest absolute Gasteiger partial charge is 0.508 e. The normalized spacial score (nSPS) is 10.5. The number of nitrogens with zero attached hydrogens (tertiary/aromatic N) is 2. The van der Waals surface area contributed by atoms with Gasteiger partial charge in [0.2, 0.25) is 6.09 Å². The summed E-state index contributed by atoms with van der Waals surface area (Å²) in [5.74, 6) is -1.12. The van der Waals surface area contributed by atoms with E-state index in [1.165, 1.54) is 7.11 Å². The van der Waals surface area contributed by atoms with E-state index in [1.807, 2.05) is 0 Å². The third kappa shape index (κ3) is 8.87. The van der Waals surface area contributed by atoms with E-state index in [-0.39, 0.29) is 50.3 Å². The number of halogens is 1. The van der Waals surface area contributed by atoms with Gasteiger partial charge in [-0.3, -0.25) is 14.4 Å². The Balaban J connectivity index is 0.00000529. The van der Waals surface area contributed by atoms with Crippen LogP contribution in [0.15, 0.2) is 33.8 Å². The number of hydrogen-bond donors (Lipinski definition) is 1. The Bertz CT molecular complexity index is 604. The van der Waals surface area contributed by atoms with Crippen LogP contribution in [0.3, 0.4) is 0 Å². The molecule has 1 aromatic rings. The fraction of sp³-hybridized carbons (Fsp3) is 0.333. The van der Waals surface area contributed by atoms with E-state index in [4.69, 9.17) is 5.11 Å². The van der Waals surface area contributed by atoms with E-state index in [2.05, 4.69) is 31.2 Å². The number of methoxy groups -OCH3 is 1. The fourth-order valence-electron chi connectivity index (χ4n) is 1.69. The van der Waals surface area contributed by atoms with Gasteiger partial charge in [-0.05, 0) is 24.1 Å². The van der Waals surface area contributed by atoms with E-state index in [0.29, 0.717) is 11.3 Å². The van der Waals surface area contributed by atoms with Crippen molar-refractivity contribution >= 4 is 39.5 Å². The molecule has 0 spiro atoms. The second kappa shape index (κ2) is 11.8. The molecule has 124 valence electrons. The third-order valence-electron chi connectivity index (χ3n) is 2.82. The van der Waals surface area contributed by atoms with Crippen LogP contribution in [0.4, 0.5) is 4.79 Å². The van der Waals surface area contributed by atoms with Crippen molar-refractivity contribution in [2.45, 2.75) is 25.7 Å². The van der Waals surface area contributed by atoms with Crippen molar-refractivity contribution in [2.75, 3.05) is 7.11 Å². The second-order valence-corrected chi connectivity index (χ2v) is 5.50. The van der Waals surface area contributed by atoms with Crippen molar-refractivity contribution in [3.63, 3.8) is 0 Å². The summed E-state index contributed by atoms with van der Waals surface area (Å²) >= 11 is 3.31. The molecule has 9 heteroatoms. The van der Waals surface area contributed by atoms with Gasteiger partial charge in [-0.25, -0.2) is 0 Å². The molecule has 0 aliphatic heterocycles. The van der Waals surface area contributed by atoms with Crippen molar-refractivity contribution in [2.24, 2.45) is 5.10 Å². The molecule has 1 aromatic carbocycles. The number of aliphatic carboxylic acids is 1. The molecule has 0 fully saturated rings. The minimum Gasteiger partial charge on any atom is -0.508 e. The molecule has 0 heterocycles. The molecule has 0 aliphatic carbocycles. The molecule has 0 radical (unpaired) electrons. The average Bonchev–Trinajstić information content (AvgIpc) is 2.51. The second-order valence-electron chi connectivity index (χ2n) is 4.59. The van der Waals surface area contributed by atoms with Crippen molar-refractivity contribution in [3.8, 4) is 0 Å². The summed E-state index contributed by atoms with van der Waals surface area (Å²) < 4.78 is 5.24. The van der Waals surface area contributed by atoms with Crippen LogP contribution in [0.1, 0.15) is 31.2 Å². The summed E-state index contributed by atoms with van der Waals surface area (Å²) in [7, 11) is 1.18.